The fraction of sp³-hybridized carbons (Fsp3) is 0.500. The van der Waals surface area contributed by atoms with E-state index < -0.39 is 0 Å². The number of hydrogen-bond donors (Lipinski definition) is 3. The fourth-order valence-electron chi connectivity index (χ4n) is 0.182. The van der Waals surface area contributed by atoms with E-state index in [0.29, 0.717) is 0 Å². The van der Waals surface area contributed by atoms with Crippen LogP contribution in [0.15, 0.2) is 0 Å². The predicted octanol–water partition coefficient (Wildman–Crippen LogP) is -0.376. The molecule has 0 fully saturated rings. The fourth-order valence-corrected chi connectivity index (χ4v) is 0.182. The quantitative estimate of drug-likeness (QED) is 0.229. The van der Waals surface area contributed by atoms with Gasteiger partial charge in [0.25, 0.3) is 0 Å². The Balaban J connectivity index is 3.18. The molecule has 0 bridgehead atoms. The van der Waals surface area contributed by atoms with Crippen molar-refractivity contribution in [2.24, 2.45) is 0 Å². The summed E-state index contributed by atoms with van der Waals surface area (Å²) >= 11 is 0. The molecule has 1 amide bonds. The number of amidine groups is 1. The van der Waals surface area contributed by atoms with E-state index in [1.165, 1.54) is 13.8 Å². The summed E-state index contributed by atoms with van der Waals surface area (Å²) in [6.45, 7) is 2.91. The lowest BCUT2D eigenvalue weighted by atomic mass is 10.7. The molecule has 0 saturated carbocycles. The Hall–Kier alpha value is -1.06. The minimum absolute atomic E-state index is 0.198. The molecule has 0 saturated heterocycles. The summed E-state index contributed by atoms with van der Waals surface area (Å²) in [5.74, 6) is 0.0248. The van der Waals surface area contributed by atoms with Crippen LogP contribution in [0, 0.1) is 5.41 Å². The van der Waals surface area contributed by atoms with Crippen LogP contribution in [0.25, 0.3) is 0 Å². The Morgan fingerprint density at radius 3 is 2.00 bits per heavy atom. The van der Waals surface area contributed by atoms with E-state index in [4.69, 9.17) is 5.41 Å². The predicted molar refractivity (Wildman–Crippen MR) is 30.4 cm³/mol. The first kappa shape index (κ1) is 6.94. The molecule has 0 rings (SSSR count). The Morgan fingerprint density at radius 1 is 1.38 bits per heavy atom. The second-order valence-electron chi connectivity index (χ2n) is 1.43. The van der Waals surface area contributed by atoms with Crippen molar-refractivity contribution in [1.29, 1.82) is 5.41 Å². The maximum absolute atomic E-state index is 10.1. The topological polar surface area (TPSA) is 65.0 Å². The van der Waals surface area contributed by atoms with E-state index in [2.05, 4.69) is 10.9 Å². The molecule has 0 atom stereocenters. The molecule has 0 aliphatic carbocycles. The van der Waals surface area contributed by atoms with Crippen LogP contribution in [-0.2, 0) is 4.79 Å². The van der Waals surface area contributed by atoms with Crippen LogP contribution in [0.3, 0.4) is 0 Å². The van der Waals surface area contributed by atoms with Gasteiger partial charge in [0.05, 0.1) is 0 Å². The molecule has 0 radical (unpaired) electrons. The van der Waals surface area contributed by atoms with Gasteiger partial charge in [-0.05, 0) is 6.92 Å². The number of carbonyl (C=O) groups is 1. The summed E-state index contributed by atoms with van der Waals surface area (Å²) in [7, 11) is 0. The second kappa shape index (κ2) is 3.01. The maximum Gasteiger partial charge on any atom is 0.235 e. The molecule has 4 nitrogen and oxygen atoms in total. The average molecular weight is 115 g/mol. The first-order chi connectivity index (χ1) is 3.63. The number of nitrogens with one attached hydrogen (secondary N) is 3. The summed E-state index contributed by atoms with van der Waals surface area (Å²) in [5.41, 5.74) is 4.56. The average Bonchev–Trinajstić information content (AvgIpc) is 1.61. The SMILES string of the molecule is CC(=N)NNC(C)=O. The highest BCUT2D eigenvalue weighted by Crippen LogP contribution is 1.55. The standard InChI is InChI=1S/C4H9N3O/c1-3(5)6-7-4(2)8/h1-2H3,(H2,5,6)(H,7,8). The van der Waals surface area contributed by atoms with Crippen molar-refractivity contribution in [1.82, 2.24) is 10.9 Å². The van der Waals surface area contributed by atoms with Crippen molar-refractivity contribution in [3.63, 3.8) is 0 Å². The molecule has 0 aliphatic rings. The molecule has 0 heterocycles. The monoisotopic (exact) mass is 115 g/mol. The molecule has 4 heteroatoms. The largest absolute Gasteiger partial charge is 0.287 e. The number of hydrazine groups is 1. The van der Waals surface area contributed by atoms with Gasteiger partial charge in [0, 0.05) is 6.92 Å². The second-order valence-corrected chi connectivity index (χ2v) is 1.43. The highest BCUT2D eigenvalue weighted by Gasteiger charge is 1.85. The van der Waals surface area contributed by atoms with Gasteiger partial charge in [0.2, 0.25) is 5.91 Å². The number of carbonyl (C=O) groups excluding carboxylic acids is 1. The van der Waals surface area contributed by atoms with Crippen LogP contribution in [0.4, 0.5) is 0 Å². The Labute approximate surface area is 47.8 Å². The van der Waals surface area contributed by atoms with Crippen molar-refractivity contribution in [3.8, 4) is 0 Å². The summed E-state index contributed by atoms with van der Waals surface area (Å²) < 4.78 is 0. The van der Waals surface area contributed by atoms with E-state index in [1.54, 1.807) is 0 Å². The van der Waals surface area contributed by atoms with E-state index >= 15 is 0 Å². The van der Waals surface area contributed by atoms with Crippen LogP contribution in [0.1, 0.15) is 13.8 Å². The molecule has 0 aromatic carbocycles. The summed E-state index contributed by atoms with van der Waals surface area (Å²) in [4.78, 5) is 10.1. The van der Waals surface area contributed by atoms with Gasteiger partial charge in [0.1, 0.15) is 5.84 Å². The maximum atomic E-state index is 10.1. The van der Waals surface area contributed by atoms with E-state index in [1.807, 2.05) is 0 Å². The number of hydrogen-bond acceptors (Lipinski definition) is 2. The highest BCUT2D eigenvalue weighted by molar-refractivity contribution is 5.80. The van der Waals surface area contributed by atoms with Gasteiger partial charge in [-0.2, -0.15) is 0 Å². The zero-order chi connectivity index (χ0) is 6.57. The Morgan fingerprint density at radius 2 is 1.88 bits per heavy atom. The molecule has 8 heavy (non-hydrogen) atoms. The molecule has 46 valence electrons. The van der Waals surface area contributed by atoms with Crippen molar-refractivity contribution < 1.29 is 4.79 Å². The molecule has 0 aromatic heterocycles. The lowest BCUT2D eigenvalue weighted by Gasteiger charge is -2.00. The smallest absolute Gasteiger partial charge is 0.235 e. The zero-order valence-corrected chi connectivity index (χ0v) is 4.91. The third-order valence-electron chi connectivity index (χ3n) is 0.426. The lowest BCUT2D eigenvalue weighted by Crippen LogP contribution is -2.38. The van der Waals surface area contributed by atoms with Gasteiger partial charge in [-0.1, -0.05) is 0 Å². The normalized spacial score (nSPS) is 7.75. The molecule has 0 spiro atoms. The van der Waals surface area contributed by atoms with Gasteiger partial charge >= 0.3 is 0 Å². The van der Waals surface area contributed by atoms with Gasteiger partial charge in [-0.3, -0.25) is 21.1 Å². The first-order valence-electron chi connectivity index (χ1n) is 2.20. The summed E-state index contributed by atoms with van der Waals surface area (Å²) in [6.07, 6.45) is 0. The minimum Gasteiger partial charge on any atom is -0.287 e. The minimum atomic E-state index is -0.198. The molecule has 3 N–H and O–H groups in total. The van der Waals surface area contributed by atoms with Crippen LogP contribution >= 0.6 is 0 Å². The molecule has 0 aromatic rings. The van der Waals surface area contributed by atoms with Crippen LogP contribution < -0.4 is 10.9 Å². The molecular formula is C4H9N3O. The van der Waals surface area contributed by atoms with Gasteiger partial charge in [-0.15, -0.1) is 0 Å². The van der Waals surface area contributed by atoms with Gasteiger partial charge in [0.15, 0.2) is 0 Å². The Kier molecular flexibility index (Phi) is 2.61. The lowest BCUT2D eigenvalue weighted by molar-refractivity contribution is -0.119. The summed E-state index contributed by atoms with van der Waals surface area (Å²) in [5, 5.41) is 6.76. The number of rotatable bonds is 0. The van der Waals surface area contributed by atoms with Crippen LogP contribution in [0.5, 0.6) is 0 Å². The molecule has 0 aliphatic heterocycles. The van der Waals surface area contributed by atoms with E-state index in [9.17, 15) is 4.79 Å². The first-order valence-corrected chi connectivity index (χ1v) is 2.20. The van der Waals surface area contributed by atoms with E-state index in [0.717, 1.165) is 0 Å². The van der Waals surface area contributed by atoms with Crippen molar-refractivity contribution >= 4 is 11.7 Å². The summed E-state index contributed by atoms with van der Waals surface area (Å²) in [6, 6.07) is 0. The Bertz CT molecular complexity index is 95.9. The van der Waals surface area contributed by atoms with Crippen molar-refractivity contribution in [3.05, 3.63) is 0 Å². The molecular weight excluding hydrogens is 106 g/mol. The van der Waals surface area contributed by atoms with Crippen molar-refractivity contribution in [2.75, 3.05) is 0 Å². The van der Waals surface area contributed by atoms with Gasteiger partial charge in [-0.25, -0.2) is 0 Å². The third-order valence-corrected chi connectivity index (χ3v) is 0.426. The molecule has 0 unspecified atom stereocenters. The zero-order valence-electron chi connectivity index (χ0n) is 4.91. The van der Waals surface area contributed by atoms with Crippen molar-refractivity contribution in [2.45, 2.75) is 13.8 Å². The van der Waals surface area contributed by atoms with Crippen LogP contribution in [-0.4, -0.2) is 11.7 Å². The number of amides is 1. The third kappa shape index (κ3) is 4.94. The highest BCUT2D eigenvalue weighted by atomic mass is 16.2. The van der Waals surface area contributed by atoms with Crippen LogP contribution in [0.2, 0.25) is 0 Å². The van der Waals surface area contributed by atoms with Gasteiger partial charge < -0.3 is 0 Å². The van der Waals surface area contributed by atoms with E-state index in [-0.39, 0.29) is 11.7 Å².